The highest BCUT2D eigenvalue weighted by molar-refractivity contribution is 5.96. The predicted molar refractivity (Wildman–Crippen MR) is 101 cm³/mol. The Morgan fingerprint density at radius 3 is 2.19 bits per heavy atom. The first-order valence-electron chi connectivity index (χ1n) is 8.71. The van der Waals surface area contributed by atoms with Crippen LogP contribution in [-0.4, -0.2) is 52.9 Å². The van der Waals surface area contributed by atoms with Crippen LogP contribution in [0.1, 0.15) is 37.4 Å². The predicted octanol–water partition coefficient (Wildman–Crippen LogP) is 2.91. The number of rotatable bonds is 3. The second-order valence-electron chi connectivity index (χ2n) is 7.08. The van der Waals surface area contributed by atoms with E-state index in [0.717, 1.165) is 11.1 Å². The number of hydrogen-bond acceptors (Lipinski definition) is 3. The highest BCUT2D eigenvalue weighted by atomic mass is 16.3. The molecule has 1 aliphatic rings. The molecular weight excluding hydrogens is 328 g/mol. The van der Waals surface area contributed by atoms with E-state index in [1.54, 1.807) is 35.9 Å². The third-order valence-corrected chi connectivity index (χ3v) is 5.22. The Kier molecular flexibility index (Phi) is 4.72. The van der Waals surface area contributed by atoms with Crippen LogP contribution in [0.2, 0.25) is 0 Å². The van der Waals surface area contributed by atoms with Gasteiger partial charge < -0.3 is 14.9 Å². The molecular formula is C21H24N2O3. The Morgan fingerprint density at radius 1 is 0.962 bits per heavy atom. The zero-order valence-corrected chi connectivity index (χ0v) is 15.6. The molecule has 1 heterocycles. The Labute approximate surface area is 153 Å². The lowest BCUT2D eigenvalue weighted by atomic mass is 10.0. The average Bonchev–Trinajstić information content (AvgIpc) is 2.57. The number of benzene rings is 2. The molecule has 26 heavy (non-hydrogen) atoms. The minimum Gasteiger partial charge on any atom is -0.508 e. The zero-order valence-electron chi connectivity index (χ0n) is 15.6. The molecule has 1 saturated heterocycles. The van der Waals surface area contributed by atoms with E-state index >= 15 is 0 Å². The summed E-state index contributed by atoms with van der Waals surface area (Å²) in [5.41, 5.74) is 4.17. The third kappa shape index (κ3) is 3.29. The summed E-state index contributed by atoms with van der Waals surface area (Å²) >= 11 is 0. The molecule has 3 rings (SSSR count). The van der Waals surface area contributed by atoms with E-state index in [0.29, 0.717) is 29.8 Å². The van der Waals surface area contributed by atoms with Gasteiger partial charge in [-0.3, -0.25) is 9.59 Å². The Balaban J connectivity index is 1.63. The van der Waals surface area contributed by atoms with Crippen molar-refractivity contribution in [3.05, 3.63) is 64.2 Å². The minimum atomic E-state index is -0.101. The van der Waals surface area contributed by atoms with Crippen molar-refractivity contribution in [1.82, 2.24) is 9.80 Å². The molecule has 0 aliphatic carbocycles. The van der Waals surface area contributed by atoms with Gasteiger partial charge >= 0.3 is 0 Å². The molecule has 0 spiro atoms. The van der Waals surface area contributed by atoms with Gasteiger partial charge in [0.2, 0.25) is 0 Å². The molecule has 0 aromatic heterocycles. The third-order valence-electron chi connectivity index (χ3n) is 5.22. The summed E-state index contributed by atoms with van der Waals surface area (Å²) in [5.74, 6) is 0.0834. The number of phenols is 1. The molecule has 5 heteroatoms. The largest absolute Gasteiger partial charge is 0.508 e. The fourth-order valence-corrected chi connectivity index (χ4v) is 3.08. The van der Waals surface area contributed by atoms with Gasteiger partial charge in [0.25, 0.3) is 11.8 Å². The van der Waals surface area contributed by atoms with Crippen LogP contribution in [-0.2, 0) is 0 Å². The monoisotopic (exact) mass is 352 g/mol. The van der Waals surface area contributed by atoms with E-state index in [-0.39, 0.29) is 23.6 Å². The van der Waals surface area contributed by atoms with Gasteiger partial charge in [0.05, 0.1) is 6.04 Å². The van der Waals surface area contributed by atoms with E-state index < -0.39 is 0 Å². The maximum Gasteiger partial charge on any atom is 0.254 e. The molecule has 0 unspecified atom stereocenters. The van der Waals surface area contributed by atoms with Crippen molar-refractivity contribution in [3.8, 4) is 5.75 Å². The SMILES string of the molecule is Cc1ccc(C(=O)N2CC(N(C)C(=O)c3ccc(O)c(C)c3)C2)cc1C. The van der Waals surface area contributed by atoms with E-state index in [1.807, 2.05) is 32.0 Å². The van der Waals surface area contributed by atoms with Crippen LogP contribution < -0.4 is 0 Å². The van der Waals surface area contributed by atoms with Gasteiger partial charge in [-0.05, 0) is 67.8 Å². The Bertz CT molecular complexity index is 870. The highest BCUT2D eigenvalue weighted by Crippen LogP contribution is 2.22. The van der Waals surface area contributed by atoms with Gasteiger partial charge in [-0.2, -0.15) is 0 Å². The summed E-state index contributed by atoms with van der Waals surface area (Å²) in [4.78, 5) is 28.6. The summed E-state index contributed by atoms with van der Waals surface area (Å²) in [6.07, 6.45) is 0. The number of phenolic OH excluding ortho intramolecular Hbond substituents is 1. The van der Waals surface area contributed by atoms with E-state index in [2.05, 4.69) is 0 Å². The molecule has 0 saturated carbocycles. The lowest BCUT2D eigenvalue weighted by Crippen LogP contribution is -2.61. The maximum atomic E-state index is 12.6. The van der Waals surface area contributed by atoms with Gasteiger partial charge in [0, 0.05) is 31.3 Å². The number of aryl methyl sites for hydroxylation is 3. The van der Waals surface area contributed by atoms with Crippen LogP contribution in [0.25, 0.3) is 0 Å². The molecule has 5 nitrogen and oxygen atoms in total. The van der Waals surface area contributed by atoms with Crippen molar-refractivity contribution in [2.75, 3.05) is 20.1 Å². The van der Waals surface area contributed by atoms with Crippen LogP contribution in [0.3, 0.4) is 0 Å². The minimum absolute atomic E-state index is 0.00526. The Morgan fingerprint density at radius 2 is 1.58 bits per heavy atom. The van der Waals surface area contributed by atoms with Crippen molar-refractivity contribution in [1.29, 1.82) is 0 Å². The quantitative estimate of drug-likeness (QED) is 0.924. The molecule has 2 aromatic carbocycles. The first-order valence-corrected chi connectivity index (χ1v) is 8.71. The van der Waals surface area contributed by atoms with Gasteiger partial charge in [0.1, 0.15) is 5.75 Å². The molecule has 1 fully saturated rings. The molecule has 2 aromatic rings. The molecule has 1 N–H and O–H groups in total. The number of aromatic hydroxyl groups is 1. The number of amides is 2. The van der Waals surface area contributed by atoms with Gasteiger partial charge in [0.15, 0.2) is 0 Å². The number of nitrogens with zero attached hydrogens (tertiary/aromatic N) is 2. The van der Waals surface area contributed by atoms with Crippen molar-refractivity contribution < 1.29 is 14.7 Å². The standard InChI is InChI=1S/C21H24N2O3/c1-13-5-6-17(9-14(13)2)21(26)23-11-18(12-23)22(4)20(25)16-7-8-19(24)15(3)10-16/h5-10,18,24H,11-12H2,1-4H3. The summed E-state index contributed by atoms with van der Waals surface area (Å²) in [6, 6.07) is 10.6. The van der Waals surface area contributed by atoms with Gasteiger partial charge in [-0.25, -0.2) is 0 Å². The summed E-state index contributed by atoms with van der Waals surface area (Å²) < 4.78 is 0. The number of likely N-dealkylation sites (tertiary alicyclic amines) is 1. The number of carbonyl (C=O) groups is 2. The molecule has 0 radical (unpaired) electrons. The molecule has 1 aliphatic heterocycles. The molecule has 136 valence electrons. The van der Waals surface area contributed by atoms with E-state index in [1.165, 1.54) is 6.07 Å². The van der Waals surface area contributed by atoms with Crippen molar-refractivity contribution >= 4 is 11.8 Å². The van der Waals surface area contributed by atoms with Gasteiger partial charge in [-0.15, -0.1) is 0 Å². The summed E-state index contributed by atoms with van der Waals surface area (Å²) in [6.45, 7) is 6.85. The van der Waals surface area contributed by atoms with Gasteiger partial charge in [-0.1, -0.05) is 6.07 Å². The maximum absolute atomic E-state index is 12.6. The lowest BCUT2D eigenvalue weighted by Gasteiger charge is -2.44. The summed E-state index contributed by atoms with van der Waals surface area (Å²) in [7, 11) is 1.76. The van der Waals surface area contributed by atoms with Crippen LogP contribution in [0.15, 0.2) is 36.4 Å². The number of carbonyl (C=O) groups excluding carboxylic acids is 2. The molecule has 0 bridgehead atoms. The van der Waals surface area contributed by atoms with Crippen molar-refractivity contribution in [3.63, 3.8) is 0 Å². The fraction of sp³-hybridized carbons (Fsp3) is 0.333. The van der Waals surface area contributed by atoms with Crippen molar-refractivity contribution in [2.24, 2.45) is 0 Å². The topological polar surface area (TPSA) is 60.9 Å². The normalized spacial score (nSPS) is 14.1. The van der Waals surface area contributed by atoms with Crippen LogP contribution >= 0.6 is 0 Å². The van der Waals surface area contributed by atoms with Crippen LogP contribution in [0.5, 0.6) is 5.75 Å². The number of hydrogen-bond donors (Lipinski definition) is 1. The second kappa shape index (κ2) is 6.83. The van der Waals surface area contributed by atoms with Crippen LogP contribution in [0, 0.1) is 20.8 Å². The fourth-order valence-electron chi connectivity index (χ4n) is 3.08. The first-order chi connectivity index (χ1) is 12.3. The lowest BCUT2D eigenvalue weighted by molar-refractivity contribution is 0.0296. The summed E-state index contributed by atoms with van der Waals surface area (Å²) in [5, 5.41) is 9.60. The van der Waals surface area contributed by atoms with Crippen LogP contribution in [0.4, 0.5) is 0 Å². The Hall–Kier alpha value is -2.82. The smallest absolute Gasteiger partial charge is 0.254 e. The second-order valence-corrected chi connectivity index (χ2v) is 7.08. The molecule has 0 atom stereocenters. The average molecular weight is 352 g/mol. The van der Waals surface area contributed by atoms with E-state index in [4.69, 9.17) is 0 Å². The van der Waals surface area contributed by atoms with E-state index in [9.17, 15) is 14.7 Å². The highest BCUT2D eigenvalue weighted by Gasteiger charge is 2.36. The zero-order chi connectivity index (χ0) is 19.0. The number of likely N-dealkylation sites (N-methyl/N-ethyl adjacent to an activating group) is 1. The first kappa shape index (κ1) is 18.0. The van der Waals surface area contributed by atoms with Crippen molar-refractivity contribution in [2.45, 2.75) is 26.8 Å². The molecule has 2 amide bonds.